The number of aromatic nitrogens is 1. The van der Waals surface area contributed by atoms with Gasteiger partial charge in [-0.1, -0.05) is 88.9 Å². The third-order valence-corrected chi connectivity index (χ3v) is 6.82. The first-order valence-electron chi connectivity index (χ1n) is 10.1. The lowest BCUT2D eigenvalue weighted by Crippen LogP contribution is -2.09. The van der Waals surface area contributed by atoms with Crippen molar-refractivity contribution in [3.63, 3.8) is 0 Å². The fourth-order valence-electron chi connectivity index (χ4n) is 4.03. The van der Waals surface area contributed by atoms with Crippen LogP contribution in [-0.4, -0.2) is 4.40 Å². The first kappa shape index (κ1) is 22.1. The van der Waals surface area contributed by atoms with Crippen LogP contribution in [-0.2, 0) is 0 Å². The molecule has 5 rings (SSSR count). The summed E-state index contributed by atoms with van der Waals surface area (Å²) in [5, 5.41) is 1.99. The molecule has 0 N–H and O–H groups in total. The Balaban J connectivity index is 1.97. The largest absolute Gasteiger partial charge is 0.316 e. The van der Waals surface area contributed by atoms with Gasteiger partial charge in [-0.2, -0.15) is 0 Å². The molecule has 0 spiro atoms. The lowest BCUT2D eigenvalue weighted by Gasteiger charge is -2.18. The molecular formula is C27H15Cl4NO. The predicted octanol–water partition coefficient (Wildman–Crippen LogP) is 8.91. The lowest BCUT2D eigenvalue weighted by molar-refractivity contribution is 1.16. The van der Waals surface area contributed by atoms with Gasteiger partial charge in [0.25, 0.3) is 0 Å². The molecule has 2 nitrogen and oxygen atoms in total. The first-order valence-corrected chi connectivity index (χ1v) is 11.6. The van der Waals surface area contributed by atoms with E-state index >= 15 is 0 Å². The molecule has 2 heterocycles. The summed E-state index contributed by atoms with van der Waals surface area (Å²) < 4.78 is 1.93. The van der Waals surface area contributed by atoms with Gasteiger partial charge in [-0.3, -0.25) is 4.79 Å². The molecule has 0 fully saturated rings. The predicted molar refractivity (Wildman–Crippen MR) is 140 cm³/mol. The van der Waals surface area contributed by atoms with Gasteiger partial charge in [-0.25, -0.2) is 0 Å². The lowest BCUT2D eigenvalue weighted by atomic mass is 9.98. The molecule has 0 saturated carbocycles. The molecular weight excluding hydrogens is 496 g/mol. The van der Waals surface area contributed by atoms with Gasteiger partial charge in [0.1, 0.15) is 0 Å². The van der Waals surface area contributed by atoms with E-state index in [0.717, 1.165) is 22.4 Å². The molecule has 5 aromatic rings. The molecule has 6 heteroatoms. The maximum Gasteiger partial charge on any atom is 0.190 e. The number of nitrogens with zero attached hydrogens (tertiary/aromatic N) is 1. The van der Waals surface area contributed by atoms with Crippen molar-refractivity contribution in [2.75, 3.05) is 0 Å². The maximum absolute atomic E-state index is 13.2. The summed E-state index contributed by atoms with van der Waals surface area (Å²) in [6, 6.07) is 25.8. The van der Waals surface area contributed by atoms with Crippen molar-refractivity contribution in [3.05, 3.63) is 121 Å². The number of pyridine rings is 2. The van der Waals surface area contributed by atoms with Crippen LogP contribution in [0.3, 0.4) is 0 Å². The van der Waals surface area contributed by atoms with E-state index in [1.165, 1.54) is 6.07 Å². The Hall–Kier alpha value is -2.75. The summed E-state index contributed by atoms with van der Waals surface area (Å²) in [5.74, 6) is 0. The minimum absolute atomic E-state index is 0.189. The van der Waals surface area contributed by atoms with Gasteiger partial charge in [0.05, 0.1) is 26.8 Å². The third-order valence-electron chi connectivity index (χ3n) is 5.53. The number of hydrogen-bond donors (Lipinski definition) is 0. The van der Waals surface area contributed by atoms with E-state index in [0.29, 0.717) is 36.7 Å². The molecule has 3 aromatic carbocycles. The van der Waals surface area contributed by atoms with Gasteiger partial charge in [0.15, 0.2) is 5.43 Å². The molecule has 0 aliphatic heterocycles. The smallest absolute Gasteiger partial charge is 0.190 e. The second-order valence-corrected chi connectivity index (χ2v) is 9.12. The van der Waals surface area contributed by atoms with Crippen molar-refractivity contribution in [1.82, 2.24) is 4.40 Å². The Morgan fingerprint density at radius 3 is 1.79 bits per heavy atom. The minimum Gasteiger partial charge on any atom is -0.316 e. The maximum atomic E-state index is 13.2. The van der Waals surface area contributed by atoms with Crippen LogP contribution in [0.4, 0.5) is 0 Å². The Labute approximate surface area is 210 Å². The molecule has 0 saturated heterocycles. The Morgan fingerprint density at radius 1 is 0.576 bits per heavy atom. The van der Waals surface area contributed by atoms with Crippen molar-refractivity contribution >= 4 is 51.9 Å². The highest BCUT2D eigenvalue weighted by atomic mass is 35.5. The van der Waals surface area contributed by atoms with Crippen LogP contribution in [0.1, 0.15) is 0 Å². The van der Waals surface area contributed by atoms with Gasteiger partial charge in [-0.15, -0.1) is 0 Å². The molecule has 0 amide bonds. The monoisotopic (exact) mass is 509 g/mol. The van der Waals surface area contributed by atoms with Crippen LogP contribution in [0.15, 0.2) is 95.9 Å². The fourth-order valence-corrected chi connectivity index (χ4v) is 5.09. The van der Waals surface area contributed by atoms with Crippen molar-refractivity contribution in [2.24, 2.45) is 0 Å². The fraction of sp³-hybridized carbons (Fsp3) is 0. The van der Waals surface area contributed by atoms with E-state index in [1.807, 2.05) is 65.1 Å². The van der Waals surface area contributed by atoms with Crippen LogP contribution in [0.5, 0.6) is 0 Å². The molecule has 0 atom stereocenters. The normalized spacial score (nSPS) is 11.2. The van der Waals surface area contributed by atoms with E-state index in [2.05, 4.69) is 0 Å². The average Bonchev–Trinajstić information content (AvgIpc) is 2.80. The molecule has 2 aromatic heterocycles. The Kier molecular flexibility index (Phi) is 5.94. The van der Waals surface area contributed by atoms with Crippen LogP contribution < -0.4 is 5.43 Å². The number of hydrogen-bond acceptors (Lipinski definition) is 1. The summed E-state index contributed by atoms with van der Waals surface area (Å²) >= 11 is 26.2. The molecule has 33 heavy (non-hydrogen) atoms. The van der Waals surface area contributed by atoms with E-state index in [4.69, 9.17) is 46.4 Å². The second-order valence-electron chi connectivity index (χ2n) is 7.50. The average molecular weight is 511 g/mol. The highest BCUT2D eigenvalue weighted by Gasteiger charge is 2.19. The second kappa shape index (κ2) is 8.89. The van der Waals surface area contributed by atoms with Gasteiger partial charge in [-0.05, 0) is 42.0 Å². The van der Waals surface area contributed by atoms with E-state index in [1.54, 1.807) is 24.4 Å². The first-order chi connectivity index (χ1) is 16.0. The number of rotatable bonds is 3. The summed E-state index contributed by atoms with van der Waals surface area (Å²) in [6.07, 6.45) is 1.74. The number of benzene rings is 3. The van der Waals surface area contributed by atoms with E-state index < -0.39 is 0 Å². The van der Waals surface area contributed by atoms with E-state index in [9.17, 15) is 4.79 Å². The van der Waals surface area contributed by atoms with E-state index in [-0.39, 0.29) is 5.43 Å². The Morgan fingerprint density at radius 2 is 1.15 bits per heavy atom. The highest BCUT2D eigenvalue weighted by Crippen LogP contribution is 2.39. The molecule has 0 radical (unpaired) electrons. The van der Waals surface area contributed by atoms with Crippen molar-refractivity contribution in [3.8, 4) is 33.5 Å². The number of halogens is 4. The van der Waals surface area contributed by atoms with Crippen LogP contribution >= 0.6 is 46.4 Å². The highest BCUT2D eigenvalue weighted by molar-refractivity contribution is 6.39. The Bertz CT molecular complexity index is 1570. The van der Waals surface area contributed by atoms with Crippen LogP contribution in [0.25, 0.3) is 39.0 Å². The topological polar surface area (TPSA) is 21.5 Å². The van der Waals surface area contributed by atoms with Gasteiger partial charge >= 0.3 is 0 Å². The standard InChI is InChI=1S/C27H15Cl4NO/c28-19-8-3-1-6-17(19)16-14-23(18-7-2-4-9-20(18)29)32-13-12-25(33)27(24(32)15-16)26-21(30)10-5-11-22(26)31/h1-15H. The molecule has 0 aliphatic rings. The van der Waals surface area contributed by atoms with Crippen LogP contribution in [0, 0.1) is 0 Å². The molecule has 0 bridgehead atoms. The molecule has 162 valence electrons. The van der Waals surface area contributed by atoms with Gasteiger partial charge in [0.2, 0.25) is 0 Å². The zero-order valence-electron chi connectivity index (χ0n) is 17.0. The summed E-state index contributed by atoms with van der Waals surface area (Å²) in [6.45, 7) is 0. The summed E-state index contributed by atoms with van der Waals surface area (Å²) in [4.78, 5) is 13.2. The quantitative estimate of drug-likeness (QED) is 0.237. The molecule has 0 unspecified atom stereocenters. The van der Waals surface area contributed by atoms with Crippen molar-refractivity contribution < 1.29 is 0 Å². The summed E-state index contributed by atoms with van der Waals surface area (Å²) in [7, 11) is 0. The molecule has 0 aliphatic carbocycles. The number of fused-ring (bicyclic) bond motifs is 1. The van der Waals surface area contributed by atoms with Crippen molar-refractivity contribution in [2.45, 2.75) is 0 Å². The van der Waals surface area contributed by atoms with Crippen molar-refractivity contribution in [1.29, 1.82) is 0 Å². The SMILES string of the molecule is O=c1ccn2c(-c3ccccc3Cl)cc(-c3ccccc3Cl)cc2c1-c1c(Cl)cccc1Cl. The minimum atomic E-state index is -0.189. The van der Waals surface area contributed by atoms with Crippen LogP contribution in [0.2, 0.25) is 20.1 Å². The van der Waals surface area contributed by atoms with Gasteiger partial charge < -0.3 is 4.40 Å². The summed E-state index contributed by atoms with van der Waals surface area (Å²) in [5.41, 5.74) is 4.65. The zero-order valence-corrected chi connectivity index (χ0v) is 20.1. The third kappa shape index (κ3) is 3.94. The van der Waals surface area contributed by atoms with Gasteiger partial charge in [0, 0.05) is 39.0 Å². The zero-order chi connectivity index (χ0) is 23.1.